The van der Waals surface area contributed by atoms with E-state index in [1.54, 1.807) is 6.07 Å². The summed E-state index contributed by atoms with van der Waals surface area (Å²) in [6, 6.07) is 14.7. The van der Waals surface area contributed by atoms with E-state index in [0.29, 0.717) is 5.76 Å². The van der Waals surface area contributed by atoms with Gasteiger partial charge in [0.1, 0.15) is 11.7 Å². The van der Waals surface area contributed by atoms with E-state index in [-0.39, 0.29) is 11.7 Å². The molecule has 96 valence electrons. The smallest absolute Gasteiger partial charge is 0.371 e. The first-order valence-corrected chi connectivity index (χ1v) is 5.91. The summed E-state index contributed by atoms with van der Waals surface area (Å²) in [7, 11) is 0. The van der Waals surface area contributed by atoms with E-state index in [1.807, 2.05) is 37.3 Å². The summed E-state index contributed by atoms with van der Waals surface area (Å²) in [5, 5.41) is 18.1. The van der Waals surface area contributed by atoms with Crippen molar-refractivity contribution >= 4 is 5.97 Å². The van der Waals surface area contributed by atoms with Crippen molar-refractivity contribution in [3.63, 3.8) is 0 Å². The van der Waals surface area contributed by atoms with Gasteiger partial charge in [0.05, 0.1) is 6.07 Å². The van der Waals surface area contributed by atoms with E-state index in [9.17, 15) is 10.1 Å². The molecule has 0 spiro atoms. The number of benzene rings is 1. The molecule has 2 aromatic rings. The number of carboxylic acid groups (broad SMARTS) is 1. The molecule has 2 unspecified atom stereocenters. The summed E-state index contributed by atoms with van der Waals surface area (Å²) in [6.45, 7) is 1.92. The Hall–Kier alpha value is -2.54. The molecule has 4 nitrogen and oxygen atoms in total. The molecule has 1 heterocycles. The van der Waals surface area contributed by atoms with Crippen LogP contribution in [0.1, 0.15) is 40.6 Å². The standard InChI is InChI=1S/C15H13NO3/c1-10(11-5-3-2-4-6-11)12(9-16)13-7-8-14(19-13)15(17)18/h2-8,10,12H,1H3,(H,17,18). The van der Waals surface area contributed by atoms with Gasteiger partial charge < -0.3 is 9.52 Å². The van der Waals surface area contributed by atoms with Gasteiger partial charge in [0.25, 0.3) is 0 Å². The number of carbonyl (C=O) groups is 1. The largest absolute Gasteiger partial charge is 0.475 e. The summed E-state index contributed by atoms with van der Waals surface area (Å²) < 4.78 is 5.22. The first-order valence-electron chi connectivity index (χ1n) is 5.91. The van der Waals surface area contributed by atoms with Crippen LogP contribution in [0.2, 0.25) is 0 Å². The Morgan fingerprint density at radius 1 is 1.26 bits per heavy atom. The second-order valence-electron chi connectivity index (χ2n) is 4.31. The number of furan rings is 1. The lowest BCUT2D eigenvalue weighted by Gasteiger charge is -2.15. The molecular formula is C15H13NO3. The Labute approximate surface area is 110 Å². The molecule has 1 aromatic heterocycles. The molecule has 19 heavy (non-hydrogen) atoms. The van der Waals surface area contributed by atoms with Crippen LogP contribution in [-0.2, 0) is 0 Å². The van der Waals surface area contributed by atoms with Crippen LogP contribution in [0, 0.1) is 11.3 Å². The van der Waals surface area contributed by atoms with Crippen molar-refractivity contribution in [2.24, 2.45) is 0 Å². The third-order valence-electron chi connectivity index (χ3n) is 3.11. The van der Waals surface area contributed by atoms with E-state index < -0.39 is 11.9 Å². The lowest BCUT2D eigenvalue weighted by Crippen LogP contribution is -2.05. The number of nitrogens with zero attached hydrogens (tertiary/aromatic N) is 1. The van der Waals surface area contributed by atoms with Gasteiger partial charge in [0.15, 0.2) is 0 Å². The number of hydrogen-bond acceptors (Lipinski definition) is 3. The zero-order valence-corrected chi connectivity index (χ0v) is 10.4. The monoisotopic (exact) mass is 255 g/mol. The highest BCUT2D eigenvalue weighted by molar-refractivity contribution is 5.84. The number of aromatic carboxylic acids is 1. The lowest BCUT2D eigenvalue weighted by atomic mass is 9.87. The highest BCUT2D eigenvalue weighted by atomic mass is 16.4. The van der Waals surface area contributed by atoms with Gasteiger partial charge in [0, 0.05) is 5.92 Å². The normalized spacial score (nSPS) is 13.5. The zero-order valence-electron chi connectivity index (χ0n) is 10.4. The Balaban J connectivity index is 2.29. The molecule has 2 rings (SSSR count). The minimum Gasteiger partial charge on any atom is -0.475 e. The summed E-state index contributed by atoms with van der Waals surface area (Å²) in [5.41, 5.74) is 1.02. The maximum atomic E-state index is 10.8. The average Bonchev–Trinajstić information content (AvgIpc) is 2.90. The van der Waals surface area contributed by atoms with Crippen LogP contribution in [0.5, 0.6) is 0 Å². The van der Waals surface area contributed by atoms with Crippen LogP contribution >= 0.6 is 0 Å². The van der Waals surface area contributed by atoms with Crippen LogP contribution in [0.4, 0.5) is 0 Å². The van der Waals surface area contributed by atoms with Gasteiger partial charge in [-0.3, -0.25) is 0 Å². The molecule has 0 radical (unpaired) electrons. The second kappa shape index (κ2) is 5.40. The molecule has 0 aliphatic heterocycles. The molecule has 0 fully saturated rings. The Morgan fingerprint density at radius 2 is 1.95 bits per heavy atom. The van der Waals surface area contributed by atoms with Crippen molar-refractivity contribution in [3.8, 4) is 6.07 Å². The van der Waals surface area contributed by atoms with Crippen molar-refractivity contribution in [3.05, 3.63) is 59.5 Å². The summed E-state index contributed by atoms with van der Waals surface area (Å²) in [4.78, 5) is 10.8. The van der Waals surface area contributed by atoms with E-state index in [0.717, 1.165) is 5.56 Å². The SMILES string of the molecule is CC(c1ccccc1)C(C#N)c1ccc(C(=O)O)o1. The van der Waals surface area contributed by atoms with Gasteiger partial charge in [-0.25, -0.2) is 4.79 Å². The lowest BCUT2D eigenvalue weighted by molar-refractivity contribution is 0.0660. The molecule has 1 N–H and O–H groups in total. The molecule has 1 aromatic carbocycles. The zero-order chi connectivity index (χ0) is 13.8. The highest BCUT2D eigenvalue weighted by Crippen LogP contribution is 2.33. The topological polar surface area (TPSA) is 74.2 Å². The van der Waals surface area contributed by atoms with Gasteiger partial charge in [0.2, 0.25) is 5.76 Å². The van der Waals surface area contributed by atoms with Gasteiger partial charge in [-0.1, -0.05) is 37.3 Å². The van der Waals surface area contributed by atoms with E-state index in [2.05, 4.69) is 6.07 Å². The van der Waals surface area contributed by atoms with Crippen LogP contribution in [-0.4, -0.2) is 11.1 Å². The predicted octanol–water partition coefficient (Wildman–Crippen LogP) is 3.39. The van der Waals surface area contributed by atoms with Gasteiger partial charge in [-0.15, -0.1) is 0 Å². The number of rotatable bonds is 4. The number of carboxylic acids is 1. The van der Waals surface area contributed by atoms with Gasteiger partial charge in [-0.05, 0) is 17.7 Å². The van der Waals surface area contributed by atoms with E-state index in [4.69, 9.17) is 9.52 Å². The molecule has 0 aliphatic carbocycles. The molecular weight excluding hydrogens is 242 g/mol. The second-order valence-corrected chi connectivity index (χ2v) is 4.31. The first kappa shape index (κ1) is 12.9. The molecule has 2 atom stereocenters. The Kier molecular flexibility index (Phi) is 3.67. The van der Waals surface area contributed by atoms with Crippen molar-refractivity contribution in [1.29, 1.82) is 5.26 Å². The fourth-order valence-corrected chi connectivity index (χ4v) is 2.01. The molecule has 4 heteroatoms. The molecule has 0 amide bonds. The quantitative estimate of drug-likeness (QED) is 0.908. The summed E-state index contributed by atoms with van der Waals surface area (Å²) in [6.07, 6.45) is 0. The van der Waals surface area contributed by atoms with Gasteiger partial charge in [-0.2, -0.15) is 5.26 Å². The molecule has 0 aliphatic rings. The third kappa shape index (κ3) is 2.66. The van der Waals surface area contributed by atoms with Crippen LogP contribution in [0.3, 0.4) is 0 Å². The highest BCUT2D eigenvalue weighted by Gasteiger charge is 2.24. The molecule has 0 bridgehead atoms. The van der Waals surface area contributed by atoms with Crippen molar-refractivity contribution in [2.75, 3.05) is 0 Å². The summed E-state index contributed by atoms with van der Waals surface area (Å²) in [5.74, 6) is -1.46. The number of nitriles is 1. The minimum atomic E-state index is -1.13. The van der Waals surface area contributed by atoms with Crippen LogP contribution < -0.4 is 0 Å². The number of hydrogen-bond donors (Lipinski definition) is 1. The maximum Gasteiger partial charge on any atom is 0.371 e. The predicted molar refractivity (Wildman–Crippen MR) is 68.9 cm³/mol. The summed E-state index contributed by atoms with van der Waals surface area (Å²) >= 11 is 0. The van der Waals surface area contributed by atoms with Crippen molar-refractivity contribution in [1.82, 2.24) is 0 Å². The molecule has 0 saturated carbocycles. The fourth-order valence-electron chi connectivity index (χ4n) is 2.01. The van der Waals surface area contributed by atoms with Gasteiger partial charge >= 0.3 is 5.97 Å². The van der Waals surface area contributed by atoms with Crippen molar-refractivity contribution < 1.29 is 14.3 Å². The van der Waals surface area contributed by atoms with Crippen LogP contribution in [0.15, 0.2) is 46.9 Å². The fraction of sp³-hybridized carbons (Fsp3) is 0.200. The maximum absolute atomic E-state index is 10.8. The Bertz CT molecular complexity index is 610. The van der Waals surface area contributed by atoms with E-state index in [1.165, 1.54) is 6.07 Å². The van der Waals surface area contributed by atoms with E-state index >= 15 is 0 Å². The molecule has 0 saturated heterocycles. The third-order valence-corrected chi connectivity index (χ3v) is 3.11. The van der Waals surface area contributed by atoms with Crippen molar-refractivity contribution in [2.45, 2.75) is 18.8 Å². The first-order chi connectivity index (χ1) is 9.13. The average molecular weight is 255 g/mol. The minimum absolute atomic E-state index is 0.0704. The Morgan fingerprint density at radius 3 is 2.47 bits per heavy atom. The van der Waals surface area contributed by atoms with Crippen LogP contribution in [0.25, 0.3) is 0 Å².